The van der Waals surface area contributed by atoms with Crippen molar-refractivity contribution in [2.24, 2.45) is 0 Å². The number of unbranched alkanes of at least 4 members (excludes halogenated alkanes) is 2. The predicted octanol–water partition coefficient (Wildman–Crippen LogP) is 4.51. The maximum absolute atomic E-state index is 6.13. The Morgan fingerprint density at radius 1 is 1.05 bits per heavy atom. The summed E-state index contributed by atoms with van der Waals surface area (Å²) in [7, 11) is 0. The molecule has 0 radical (unpaired) electrons. The van der Waals surface area contributed by atoms with Gasteiger partial charge in [0, 0.05) is 5.02 Å². The third-order valence-corrected chi connectivity index (χ3v) is 3.70. The highest BCUT2D eigenvalue weighted by Gasteiger charge is 2.03. The van der Waals surface area contributed by atoms with Crippen LogP contribution in [0.4, 0.5) is 0 Å². The Kier molecular flexibility index (Phi) is 7.92. The summed E-state index contributed by atoms with van der Waals surface area (Å²) in [5, 5.41) is 4.25. The minimum atomic E-state index is 0.786. The molecule has 0 aliphatic heterocycles. The van der Waals surface area contributed by atoms with Gasteiger partial charge in [-0.2, -0.15) is 0 Å². The first-order valence-electron chi connectivity index (χ1n) is 7.25. The van der Waals surface area contributed by atoms with E-state index in [2.05, 4.69) is 12.2 Å². The lowest BCUT2D eigenvalue weighted by molar-refractivity contribution is 0.304. The van der Waals surface area contributed by atoms with Gasteiger partial charge in [0.05, 0.1) is 6.61 Å². The molecule has 2 nitrogen and oxygen atoms in total. The van der Waals surface area contributed by atoms with Crippen molar-refractivity contribution in [1.29, 1.82) is 0 Å². The summed E-state index contributed by atoms with van der Waals surface area (Å²) in [6.07, 6.45) is 4.75. The van der Waals surface area contributed by atoms with Crippen molar-refractivity contribution in [3.63, 3.8) is 0 Å². The average molecular weight is 284 g/mol. The molecule has 0 aliphatic carbocycles. The van der Waals surface area contributed by atoms with E-state index in [1.54, 1.807) is 0 Å². The molecule has 0 saturated heterocycles. The molecular formula is C16H26ClNO. The zero-order valence-corrected chi connectivity index (χ0v) is 13.1. The molecule has 0 spiro atoms. The second-order valence-electron chi connectivity index (χ2n) is 5.03. The Balaban J connectivity index is 2.16. The average Bonchev–Trinajstić information content (AvgIpc) is 2.39. The van der Waals surface area contributed by atoms with Crippen LogP contribution in [0.2, 0.25) is 5.02 Å². The summed E-state index contributed by atoms with van der Waals surface area (Å²) in [5.74, 6) is 0.934. The molecule has 0 unspecified atom stereocenters. The van der Waals surface area contributed by atoms with Crippen molar-refractivity contribution >= 4 is 11.6 Å². The van der Waals surface area contributed by atoms with Gasteiger partial charge in [-0.15, -0.1) is 0 Å². The number of rotatable bonds is 9. The number of benzene rings is 1. The molecular weight excluding hydrogens is 258 g/mol. The number of halogens is 1. The van der Waals surface area contributed by atoms with Crippen molar-refractivity contribution in [1.82, 2.24) is 5.32 Å². The Hall–Kier alpha value is -0.730. The highest BCUT2D eigenvalue weighted by Crippen LogP contribution is 2.25. The van der Waals surface area contributed by atoms with Gasteiger partial charge in [-0.1, -0.05) is 18.5 Å². The van der Waals surface area contributed by atoms with Crippen LogP contribution < -0.4 is 10.1 Å². The smallest absolute Gasteiger partial charge is 0.119 e. The van der Waals surface area contributed by atoms with Crippen LogP contribution in [0.5, 0.6) is 5.75 Å². The lowest BCUT2D eigenvalue weighted by Gasteiger charge is -2.10. The van der Waals surface area contributed by atoms with Crippen LogP contribution in [0.25, 0.3) is 0 Å². The van der Waals surface area contributed by atoms with E-state index in [1.165, 1.54) is 19.3 Å². The largest absolute Gasteiger partial charge is 0.494 e. The van der Waals surface area contributed by atoms with Gasteiger partial charge in [-0.3, -0.25) is 0 Å². The summed E-state index contributed by atoms with van der Waals surface area (Å²) in [6, 6.07) is 4.02. The lowest BCUT2D eigenvalue weighted by Crippen LogP contribution is -2.15. The second-order valence-corrected chi connectivity index (χ2v) is 5.41. The van der Waals surface area contributed by atoms with Crippen molar-refractivity contribution < 1.29 is 4.74 Å². The molecule has 1 aromatic carbocycles. The third-order valence-electron chi connectivity index (χ3n) is 3.10. The van der Waals surface area contributed by atoms with E-state index in [-0.39, 0.29) is 0 Å². The van der Waals surface area contributed by atoms with Crippen LogP contribution in [0.3, 0.4) is 0 Å². The molecule has 1 aromatic rings. The third kappa shape index (κ3) is 6.31. The minimum Gasteiger partial charge on any atom is -0.494 e. The molecule has 0 aliphatic rings. The molecule has 0 aromatic heterocycles. The Bertz CT molecular complexity index is 356. The molecule has 3 heteroatoms. The van der Waals surface area contributed by atoms with Gasteiger partial charge >= 0.3 is 0 Å². The molecule has 0 amide bonds. The molecule has 1 N–H and O–H groups in total. The van der Waals surface area contributed by atoms with Crippen LogP contribution in [0.15, 0.2) is 12.1 Å². The lowest BCUT2D eigenvalue weighted by atomic mass is 10.1. The van der Waals surface area contributed by atoms with Crippen LogP contribution in [0, 0.1) is 13.8 Å². The van der Waals surface area contributed by atoms with E-state index in [9.17, 15) is 0 Å². The van der Waals surface area contributed by atoms with Gasteiger partial charge in [0.1, 0.15) is 5.75 Å². The number of hydrogen-bond acceptors (Lipinski definition) is 2. The van der Waals surface area contributed by atoms with Crippen molar-refractivity contribution in [3.8, 4) is 5.75 Å². The number of aryl methyl sites for hydroxylation is 2. The fraction of sp³-hybridized carbons (Fsp3) is 0.625. The molecule has 108 valence electrons. The normalized spacial score (nSPS) is 10.7. The van der Waals surface area contributed by atoms with Crippen LogP contribution in [-0.2, 0) is 0 Å². The quantitative estimate of drug-likeness (QED) is 0.674. The summed E-state index contributed by atoms with van der Waals surface area (Å²) in [6.45, 7) is 9.25. The zero-order chi connectivity index (χ0) is 14.1. The SMILES string of the molecule is CCCNCCCCCOc1cc(C)c(Cl)c(C)c1. The zero-order valence-electron chi connectivity index (χ0n) is 12.4. The first-order valence-corrected chi connectivity index (χ1v) is 7.63. The van der Waals surface area contributed by atoms with E-state index in [0.29, 0.717) is 0 Å². The topological polar surface area (TPSA) is 21.3 Å². The van der Waals surface area contributed by atoms with Gasteiger partial charge in [0.15, 0.2) is 0 Å². The minimum absolute atomic E-state index is 0.786. The van der Waals surface area contributed by atoms with Gasteiger partial charge < -0.3 is 10.1 Å². The Morgan fingerprint density at radius 3 is 2.37 bits per heavy atom. The summed E-state index contributed by atoms with van der Waals surface area (Å²) in [5.41, 5.74) is 2.17. The van der Waals surface area contributed by atoms with Gasteiger partial charge in [-0.25, -0.2) is 0 Å². The van der Waals surface area contributed by atoms with Crippen LogP contribution >= 0.6 is 11.6 Å². The maximum atomic E-state index is 6.13. The Labute approximate surface area is 122 Å². The first kappa shape index (κ1) is 16.3. The van der Waals surface area contributed by atoms with Gasteiger partial charge in [0.2, 0.25) is 0 Å². The number of hydrogen-bond donors (Lipinski definition) is 1. The molecule has 0 saturated carbocycles. The van der Waals surface area contributed by atoms with Crippen molar-refractivity contribution in [2.45, 2.75) is 46.5 Å². The molecule has 0 heterocycles. The monoisotopic (exact) mass is 283 g/mol. The fourth-order valence-corrected chi connectivity index (χ4v) is 2.12. The summed E-state index contributed by atoms with van der Waals surface area (Å²) < 4.78 is 5.77. The molecule has 0 fully saturated rings. The first-order chi connectivity index (χ1) is 9.15. The van der Waals surface area contributed by atoms with Crippen LogP contribution in [0.1, 0.15) is 43.7 Å². The van der Waals surface area contributed by atoms with Crippen molar-refractivity contribution in [3.05, 3.63) is 28.3 Å². The standard InChI is InChI=1S/C16H26ClNO/c1-4-8-18-9-6-5-7-10-19-15-11-13(2)16(17)14(3)12-15/h11-12,18H,4-10H2,1-3H3. The molecule has 0 bridgehead atoms. The molecule has 1 rings (SSSR count). The second kappa shape index (κ2) is 9.22. The van der Waals surface area contributed by atoms with E-state index in [1.807, 2.05) is 26.0 Å². The van der Waals surface area contributed by atoms with Crippen molar-refractivity contribution in [2.75, 3.05) is 19.7 Å². The van der Waals surface area contributed by atoms with Gasteiger partial charge in [-0.05, 0) is 75.9 Å². The molecule has 0 atom stereocenters. The molecule has 19 heavy (non-hydrogen) atoms. The summed E-state index contributed by atoms with van der Waals surface area (Å²) in [4.78, 5) is 0. The van der Waals surface area contributed by atoms with Gasteiger partial charge in [0.25, 0.3) is 0 Å². The maximum Gasteiger partial charge on any atom is 0.119 e. The van der Waals surface area contributed by atoms with Crippen LogP contribution in [-0.4, -0.2) is 19.7 Å². The summed E-state index contributed by atoms with van der Waals surface area (Å²) >= 11 is 6.13. The number of ether oxygens (including phenoxy) is 1. The van der Waals surface area contributed by atoms with E-state index in [0.717, 1.165) is 48.0 Å². The fourth-order valence-electron chi connectivity index (χ4n) is 2.01. The highest BCUT2D eigenvalue weighted by molar-refractivity contribution is 6.32. The Morgan fingerprint density at radius 2 is 1.74 bits per heavy atom. The van der Waals surface area contributed by atoms with E-state index >= 15 is 0 Å². The highest BCUT2D eigenvalue weighted by atomic mass is 35.5. The van der Waals surface area contributed by atoms with E-state index < -0.39 is 0 Å². The number of nitrogens with one attached hydrogen (secondary N) is 1. The van der Waals surface area contributed by atoms with E-state index in [4.69, 9.17) is 16.3 Å². The predicted molar refractivity (Wildman–Crippen MR) is 83.4 cm³/mol.